The molecule has 6 heterocycles. The van der Waals surface area contributed by atoms with Crippen LogP contribution in [0.25, 0.3) is 56.0 Å². The molecule has 1 amide bonds. The van der Waals surface area contributed by atoms with Crippen LogP contribution in [0.5, 0.6) is 0 Å². The van der Waals surface area contributed by atoms with Gasteiger partial charge < -0.3 is 14.7 Å². The number of rotatable bonds is 6. The van der Waals surface area contributed by atoms with Crippen LogP contribution < -0.4 is 5.32 Å². The molecule has 0 saturated carbocycles. The molecular weight excluding hydrogens is 456 g/mol. The molecule has 6 aromatic rings. The Hall–Kier alpha value is -4.86. The maximum Gasteiger partial charge on any atom is 0.224 e. The monoisotopic (exact) mass is 478 g/mol. The summed E-state index contributed by atoms with van der Waals surface area (Å²) in [4.78, 5) is 33.8. The van der Waals surface area contributed by atoms with E-state index in [4.69, 9.17) is 14.4 Å². The molecule has 6 rings (SSSR count). The number of amides is 1. The summed E-state index contributed by atoms with van der Waals surface area (Å²) in [5.41, 5.74) is 7.45. The molecular formula is C26H22N8O2. The molecule has 0 unspecified atom stereocenters. The smallest absolute Gasteiger partial charge is 0.224 e. The first kappa shape index (κ1) is 21.7. The van der Waals surface area contributed by atoms with E-state index in [-0.39, 0.29) is 11.8 Å². The molecule has 178 valence electrons. The Kier molecular flexibility index (Phi) is 5.25. The van der Waals surface area contributed by atoms with Crippen LogP contribution in [0.3, 0.4) is 0 Å². The quantitative estimate of drug-likeness (QED) is 0.299. The van der Waals surface area contributed by atoms with Crippen LogP contribution in [0, 0.1) is 5.92 Å². The van der Waals surface area contributed by atoms with Crippen molar-refractivity contribution in [2.24, 2.45) is 5.92 Å². The minimum atomic E-state index is -0.0429. The van der Waals surface area contributed by atoms with Gasteiger partial charge in [-0.15, -0.1) is 0 Å². The normalized spacial score (nSPS) is 11.5. The number of carbonyl (C=O) groups excluding carboxylic acids is 1. The van der Waals surface area contributed by atoms with Crippen LogP contribution in [0.2, 0.25) is 0 Å². The van der Waals surface area contributed by atoms with E-state index in [1.807, 2.05) is 38.1 Å². The number of imidazole rings is 1. The summed E-state index contributed by atoms with van der Waals surface area (Å²) in [5.74, 6) is 0.805. The molecule has 0 bridgehead atoms. The summed E-state index contributed by atoms with van der Waals surface area (Å²) in [7, 11) is 0. The molecule has 36 heavy (non-hydrogen) atoms. The first-order valence-corrected chi connectivity index (χ1v) is 11.5. The molecule has 0 fully saturated rings. The Morgan fingerprint density at radius 2 is 1.89 bits per heavy atom. The number of hydrogen-bond donors (Lipinski definition) is 3. The zero-order chi connectivity index (χ0) is 24.6. The van der Waals surface area contributed by atoms with Gasteiger partial charge in [-0.25, -0.2) is 9.97 Å². The highest BCUT2D eigenvalue weighted by atomic mass is 16.3. The van der Waals surface area contributed by atoms with Crippen molar-refractivity contribution in [3.63, 3.8) is 0 Å². The lowest BCUT2D eigenvalue weighted by molar-refractivity contribution is -0.116. The van der Waals surface area contributed by atoms with E-state index >= 15 is 0 Å². The van der Waals surface area contributed by atoms with Gasteiger partial charge in [0.25, 0.3) is 0 Å². The van der Waals surface area contributed by atoms with E-state index in [2.05, 4.69) is 30.5 Å². The number of nitrogens with zero attached hydrogens (tertiary/aromatic N) is 5. The molecule has 10 nitrogen and oxygen atoms in total. The third-order valence-electron chi connectivity index (χ3n) is 5.77. The maximum atomic E-state index is 12.2. The second-order valence-corrected chi connectivity index (χ2v) is 8.95. The number of furan rings is 1. The lowest BCUT2D eigenvalue weighted by Crippen LogP contribution is -2.14. The second kappa shape index (κ2) is 8.73. The van der Waals surface area contributed by atoms with Gasteiger partial charge in [0, 0.05) is 35.5 Å². The summed E-state index contributed by atoms with van der Waals surface area (Å²) in [6, 6.07) is 7.54. The van der Waals surface area contributed by atoms with Crippen LogP contribution >= 0.6 is 0 Å². The number of aromatic nitrogens is 7. The van der Waals surface area contributed by atoms with Gasteiger partial charge in [-0.1, -0.05) is 13.8 Å². The van der Waals surface area contributed by atoms with Gasteiger partial charge in [0.05, 0.1) is 47.3 Å². The number of H-pyrrole nitrogens is 2. The van der Waals surface area contributed by atoms with Crippen molar-refractivity contribution in [2.75, 3.05) is 5.32 Å². The maximum absolute atomic E-state index is 12.2. The highest BCUT2D eigenvalue weighted by Gasteiger charge is 2.17. The van der Waals surface area contributed by atoms with E-state index < -0.39 is 0 Å². The van der Waals surface area contributed by atoms with Crippen molar-refractivity contribution in [1.29, 1.82) is 0 Å². The number of nitrogens with one attached hydrogen (secondary N) is 3. The summed E-state index contributed by atoms with van der Waals surface area (Å²) in [6.07, 6.45) is 10.6. The summed E-state index contributed by atoms with van der Waals surface area (Å²) < 4.78 is 5.23. The number of carbonyl (C=O) groups is 1. The molecule has 0 aliphatic heterocycles. The van der Waals surface area contributed by atoms with Gasteiger partial charge in [0.15, 0.2) is 11.5 Å². The summed E-state index contributed by atoms with van der Waals surface area (Å²) in [6.45, 7) is 4.01. The molecule has 0 saturated heterocycles. The van der Waals surface area contributed by atoms with Crippen molar-refractivity contribution >= 4 is 33.7 Å². The van der Waals surface area contributed by atoms with E-state index in [0.717, 1.165) is 33.2 Å². The zero-order valence-electron chi connectivity index (χ0n) is 19.6. The van der Waals surface area contributed by atoms with Crippen LogP contribution in [0.15, 0.2) is 66.0 Å². The molecule has 10 heteroatoms. The Balaban J connectivity index is 1.38. The van der Waals surface area contributed by atoms with E-state index in [1.165, 1.54) is 0 Å². The number of hydrogen-bond acceptors (Lipinski definition) is 7. The van der Waals surface area contributed by atoms with E-state index in [9.17, 15) is 4.79 Å². The third kappa shape index (κ3) is 3.98. The van der Waals surface area contributed by atoms with Gasteiger partial charge in [-0.05, 0) is 30.2 Å². The Labute approximate surface area is 205 Å². The number of anilines is 1. The summed E-state index contributed by atoms with van der Waals surface area (Å²) in [5, 5.41) is 10.4. The van der Waals surface area contributed by atoms with Crippen LogP contribution in [-0.4, -0.2) is 41.0 Å². The number of pyridine rings is 3. The van der Waals surface area contributed by atoms with Crippen molar-refractivity contribution in [1.82, 2.24) is 35.1 Å². The molecule has 0 aliphatic carbocycles. The van der Waals surface area contributed by atoms with Gasteiger partial charge in [0.2, 0.25) is 5.91 Å². The first-order chi connectivity index (χ1) is 17.5. The van der Waals surface area contributed by atoms with Crippen molar-refractivity contribution < 1.29 is 9.21 Å². The van der Waals surface area contributed by atoms with E-state index in [0.29, 0.717) is 34.8 Å². The average Bonchev–Trinajstić information content (AvgIpc) is 3.62. The summed E-state index contributed by atoms with van der Waals surface area (Å²) >= 11 is 0. The fourth-order valence-electron chi connectivity index (χ4n) is 4.13. The molecule has 3 N–H and O–H groups in total. The third-order valence-corrected chi connectivity index (χ3v) is 5.77. The highest BCUT2D eigenvalue weighted by Crippen LogP contribution is 2.31. The van der Waals surface area contributed by atoms with Gasteiger partial charge in [-0.3, -0.25) is 19.9 Å². The Morgan fingerprint density at radius 3 is 2.72 bits per heavy atom. The fraction of sp³-hybridized carbons (Fsp3) is 0.154. The number of aromatic amines is 2. The zero-order valence-corrected chi connectivity index (χ0v) is 19.6. The van der Waals surface area contributed by atoms with Crippen LogP contribution in [0.1, 0.15) is 20.3 Å². The van der Waals surface area contributed by atoms with Gasteiger partial charge in [-0.2, -0.15) is 5.10 Å². The van der Waals surface area contributed by atoms with E-state index in [1.54, 1.807) is 37.3 Å². The van der Waals surface area contributed by atoms with Gasteiger partial charge >= 0.3 is 0 Å². The topological polar surface area (TPSA) is 138 Å². The predicted molar refractivity (Wildman–Crippen MR) is 136 cm³/mol. The first-order valence-electron chi connectivity index (χ1n) is 11.5. The average molecular weight is 479 g/mol. The molecule has 0 aromatic carbocycles. The van der Waals surface area contributed by atoms with Crippen molar-refractivity contribution in [2.45, 2.75) is 20.3 Å². The van der Waals surface area contributed by atoms with Crippen molar-refractivity contribution in [3.05, 3.63) is 61.6 Å². The van der Waals surface area contributed by atoms with Gasteiger partial charge in [0.1, 0.15) is 11.0 Å². The lowest BCUT2D eigenvalue weighted by atomic mass is 10.1. The standard InChI is InChI=1S/C26H22N8O2/c1-14(2)7-22(35)29-17-8-16(9-27-10-17)19-3-4-20-24(30-19)25(34-33-20)26-31-21-12-28-11-18(23(21)32-26)15-5-6-36-13-15/h3-6,8-14H,7H2,1-2H3,(H,29,35)(H,31,32)(H,33,34). The minimum absolute atomic E-state index is 0.0429. The molecule has 6 aromatic heterocycles. The number of fused-ring (bicyclic) bond motifs is 2. The van der Waals surface area contributed by atoms with Crippen LogP contribution in [-0.2, 0) is 4.79 Å². The lowest BCUT2D eigenvalue weighted by Gasteiger charge is -2.08. The highest BCUT2D eigenvalue weighted by molar-refractivity contribution is 5.96. The molecule has 0 radical (unpaired) electrons. The second-order valence-electron chi connectivity index (χ2n) is 8.95. The van der Waals surface area contributed by atoms with Crippen molar-refractivity contribution in [3.8, 4) is 33.9 Å². The largest absolute Gasteiger partial charge is 0.472 e. The minimum Gasteiger partial charge on any atom is -0.472 e. The Bertz CT molecular complexity index is 1700. The predicted octanol–water partition coefficient (Wildman–Crippen LogP) is 5.20. The molecule has 0 atom stereocenters. The fourth-order valence-corrected chi connectivity index (χ4v) is 4.13. The Morgan fingerprint density at radius 1 is 1.00 bits per heavy atom. The molecule has 0 spiro atoms. The molecule has 0 aliphatic rings. The SMILES string of the molecule is CC(C)CC(=O)Nc1cncc(-c2ccc3[nH]nc(-c4nc5c(-c6ccoc6)cncc5[nH]4)c3n2)c1. The van der Waals surface area contributed by atoms with Crippen LogP contribution in [0.4, 0.5) is 5.69 Å².